The summed E-state index contributed by atoms with van der Waals surface area (Å²) in [6.07, 6.45) is 2.18. The van der Waals surface area contributed by atoms with Gasteiger partial charge in [-0.15, -0.1) is 0 Å². The van der Waals surface area contributed by atoms with Crippen molar-refractivity contribution >= 4 is 29.5 Å². The summed E-state index contributed by atoms with van der Waals surface area (Å²) in [5.41, 5.74) is 0. The largest absolute Gasteiger partial charge is 0.467 e. The number of esters is 1. The molecule has 3 rings (SSSR count). The molecule has 0 saturated carbocycles. The number of nitrogens with zero attached hydrogens (tertiary/aromatic N) is 2. The van der Waals surface area contributed by atoms with Crippen LogP contribution in [0.5, 0.6) is 0 Å². The molecule has 0 radical (unpaired) electrons. The van der Waals surface area contributed by atoms with Gasteiger partial charge in [0.15, 0.2) is 0 Å². The van der Waals surface area contributed by atoms with Gasteiger partial charge in [0.05, 0.1) is 7.11 Å². The molecule has 3 aliphatic heterocycles. The van der Waals surface area contributed by atoms with Crippen LogP contribution in [-0.4, -0.2) is 70.4 Å². The van der Waals surface area contributed by atoms with Crippen LogP contribution >= 0.6 is 11.8 Å². The van der Waals surface area contributed by atoms with Gasteiger partial charge in [0.1, 0.15) is 12.1 Å². The zero-order chi connectivity index (χ0) is 15.1. The number of carbonyl (C=O) groups excluding carboxylic acids is 3. The predicted molar refractivity (Wildman–Crippen MR) is 77.7 cm³/mol. The summed E-state index contributed by atoms with van der Waals surface area (Å²) >= 11 is 1.82. The Hall–Kier alpha value is -1.24. The molecule has 3 aliphatic rings. The number of ether oxygens (including phenoxy) is 1. The topological polar surface area (TPSA) is 66.9 Å². The Kier molecular flexibility index (Phi) is 3.86. The van der Waals surface area contributed by atoms with E-state index in [9.17, 15) is 14.4 Å². The summed E-state index contributed by atoms with van der Waals surface area (Å²) in [6, 6.07) is -0.809. The first kappa shape index (κ1) is 14.7. The summed E-state index contributed by atoms with van der Waals surface area (Å²) in [4.78, 5) is 40.0. The molecule has 0 unspecified atom stereocenters. The maximum absolute atomic E-state index is 12.9. The Morgan fingerprint density at radius 3 is 2.76 bits per heavy atom. The lowest BCUT2D eigenvalue weighted by atomic mass is 10.1. The summed E-state index contributed by atoms with van der Waals surface area (Å²) in [5.74, 6) is 0.345. The van der Waals surface area contributed by atoms with Gasteiger partial charge in [0.2, 0.25) is 11.8 Å². The number of hydrogen-bond acceptors (Lipinski definition) is 5. The van der Waals surface area contributed by atoms with Gasteiger partial charge in [-0.25, -0.2) is 4.79 Å². The minimum atomic E-state index is -0.487. The van der Waals surface area contributed by atoms with Crippen molar-refractivity contribution in [2.45, 2.75) is 49.6 Å². The lowest BCUT2D eigenvalue weighted by Gasteiger charge is -2.34. The highest BCUT2D eigenvalue weighted by molar-refractivity contribution is 8.00. The Morgan fingerprint density at radius 1 is 1.33 bits per heavy atom. The smallest absolute Gasteiger partial charge is 0.328 e. The van der Waals surface area contributed by atoms with E-state index in [1.54, 1.807) is 9.80 Å². The molecule has 0 aromatic heterocycles. The highest BCUT2D eigenvalue weighted by Crippen LogP contribution is 2.38. The van der Waals surface area contributed by atoms with Crippen LogP contribution in [0.1, 0.15) is 26.2 Å². The second-order valence-corrected chi connectivity index (χ2v) is 7.23. The van der Waals surface area contributed by atoms with Gasteiger partial charge in [0, 0.05) is 30.5 Å². The lowest BCUT2D eigenvalue weighted by molar-refractivity contribution is -0.154. The third-order valence-corrected chi connectivity index (χ3v) is 6.10. The first-order valence-electron chi connectivity index (χ1n) is 7.31. The number of carbonyl (C=O) groups is 3. The molecule has 0 aromatic carbocycles. The zero-order valence-electron chi connectivity index (χ0n) is 12.3. The fourth-order valence-corrected chi connectivity index (χ4v) is 5.07. The van der Waals surface area contributed by atoms with Crippen molar-refractivity contribution in [1.29, 1.82) is 0 Å². The van der Waals surface area contributed by atoms with E-state index in [0.717, 1.165) is 12.2 Å². The van der Waals surface area contributed by atoms with Crippen molar-refractivity contribution in [3.8, 4) is 0 Å². The number of methoxy groups -OCH3 is 1. The van der Waals surface area contributed by atoms with Gasteiger partial charge < -0.3 is 14.5 Å². The summed E-state index contributed by atoms with van der Waals surface area (Å²) in [5, 5.41) is 0.335. The molecular formula is C14H20N2O4S. The van der Waals surface area contributed by atoms with Crippen LogP contribution in [0.2, 0.25) is 0 Å². The lowest BCUT2D eigenvalue weighted by Crippen LogP contribution is -2.54. The molecule has 0 aromatic rings. The van der Waals surface area contributed by atoms with Gasteiger partial charge >= 0.3 is 5.97 Å². The molecule has 4 atom stereocenters. The molecule has 0 spiro atoms. The highest BCUT2D eigenvalue weighted by atomic mass is 32.2. The molecule has 2 bridgehead atoms. The van der Waals surface area contributed by atoms with Gasteiger partial charge in [0.25, 0.3) is 0 Å². The molecule has 3 saturated heterocycles. The molecule has 7 heteroatoms. The molecule has 6 nitrogen and oxygen atoms in total. The van der Waals surface area contributed by atoms with Crippen molar-refractivity contribution in [2.75, 3.05) is 19.4 Å². The van der Waals surface area contributed by atoms with Gasteiger partial charge in [-0.3, -0.25) is 9.59 Å². The summed E-state index contributed by atoms with van der Waals surface area (Å²) in [6.45, 7) is 2.14. The van der Waals surface area contributed by atoms with E-state index in [1.807, 2.05) is 11.8 Å². The molecule has 21 heavy (non-hydrogen) atoms. The van der Waals surface area contributed by atoms with Crippen molar-refractivity contribution in [2.24, 2.45) is 0 Å². The van der Waals surface area contributed by atoms with Crippen LogP contribution < -0.4 is 0 Å². The number of rotatable bonds is 1. The van der Waals surface area contributed by atoms with Gasteiger partial charge in [-0.2, -0.15) is 11.8 Å². The number of fused-ring (bicyclic) bond motifs is 3. The average molecular weight is 312 g/mol. The third kappa shape index (κ3) is 2.41. The Balaban J connectivity index is 1.89. The zero-order valence-corrected chi connectivity index (χ0v) is 13.1. The fourth-order valence-electron chi connectivity index (χ4n) is 3.67. The predicted octanol–water partition coefficient (Wildman–Crippen LogP) is 0.255. The number of likely N-dealkylation sites (tertiary alicyclic amines) is 1. The van der Waals surface area contributed by atoms with Crippen molar-refractivity contribution in [1.82, 2.24) is 9.80 Å². The molecule has 3 heterocycles. The van der Waals surface area contributed by atoms with Crippen LogP contribution in [0.15, 0.2) is 0 Å². The van der Waals surface area contributed by atoms with Crippen LogP contribution in [0.25, 0.3) is 0 Å². The van der Waals surface area contributed by atoms with E-state index in [0.29, 0.717) is 24.6 Å². The molecule has 2 amide bonds. The van der Waals surface area contributed by atoms with Crippen molar-refractivity contribution < 1.29 is 19.1 Å². The first-order chi connectivity index (χ1) is 10.0. The van der Waals surface area contributed by atoms with Crippen LogP contribution in [0.4, 0.5) is 0 Å². The Morgan fingerprint density at radius 2 is 2.10 bits per heavy atom. The van der Waals surface area contributed by atoms with E-state index < -0.39 is 12.1 Å². The molecule has 0 aliphatic carbocycles. The first-order valence-corrected chi connectivity index (χ1v) is 8.36. The maximum atomic E-state index is 12.9. The summed E-state index contributed by atoms with van der Waals surface area (Å²) in [7, 11) is 1.35. The van der Waals surface area contributed by atoms with E-state index in [1.165, 1.54) is 14.0 Å². The minimum Gasteiger partial charge on any atom is -0.467 e. The SMILES string of the molecule is COC(=O)[C@H]1CC[C@@H]2CS[C@H]3C[C@@H](C(=O)N21)N(C(C)=O)C3. The molecule has 116 valence electrons. The molecular weight excluding hydrogens is 292 g/mol. The minimum absolute atomic E-state index is 0.0660. The average Bonchev–Trinajstić information content (AvgIpc) is 3.06. The monoisotopic (exact) mass is 312 g/mol. The Bertz CT molecular complexity index is 484. The standard InChI is InChI=1S/C14H20N2O4S/c1-8(17)15-6-10-5-12(15)13(18)16-9(7-21-10)3-4-11(16)14(19)20-2/h9-12H,3-7H2,1-2H3/t9-,10+,11-,12+/m1/s1. The quantitative estimate of drug-likeness (QED) is 0.650. The molecule has 0 N–H and O–H groups in total. The summed E-state index contributed by atoms with van der Waals surface area (Å²) < 4.78 is 4.84. The van der Waals surface area contributed by atoms with Crippen LogP contribution in [0, 0.1) is 0 Å². The second kappa shape index (κ2) is 5.51. The van der Waals surface area contributed by atoms with E-state index in [2.05, 4.69) is 0 Å². The second-order valence-electron chi connectivity index (χ2n) is 5.89. The van der Waals surface area contributed by atoms with Gasteiger partial charge in [-0.05, 0) is 19.3 Å². The van der Waals surface area contributed by atoms with Crippen molar-refractivity contribution in [3.05, 3.63) is 0 Å². The highest BCUT2D eigenvalue weighted by Gasteiger charge is 2.49. The van der Waals surface area contributed by atoms with E-state index in [-0.39, 0.29) is 23.8 Å². The van der Waals surface area contributed by atoms with Crippen LogP contribution in [0.3, 0.4) is 0 Å². The third-order valence-electron chi connectivity index (χ3n) is 4.71. The maximum Gasteiger partial charge on any atom is 0.328 e. The number of amides is 2. The number of thioether (sulfide) groups is 1. The fraction of sp³-hybridized carbons (Fsp3) is 0.786. The van der Waals surface area contributed by atoms with E-state index >= 15 is 0 Å². The van der Waals surface area contributed by atoms with Crippen molar-refractivity contribution in [3.63, 3.8) is 0 Å². The Labute approximate surface area is 128 Å². The number of hydrogen-bond donors (Lipinski definition) is 0. The molecule has 3 fully saturated rings. The van der Waals surface area contributed by atoms with Crippen LogP contribution in [-0.2, 0) is 19.1 Å². The van der Waals surface area contributed by atoms with E-state index in [4.69, 9.17) is 4.74 Å². The van der Waals surface area contributed by atoms with Gasteiger partial charge in [-0.1, -0.05) is 0 Å². The normalized spacial score (nSPS) is 35.2.